The number of nitrogens with one attached hydrogen (secondary N) is 1. The number of benzene rings is 3. The maximum absolute atomic E-state index is 13.5. The fourth-order valence-corrected chi connectivity index (χ4v) is 7.63. The van der Waals surface area contributed by atoms with Crippen LogP contribution >= 0.6 is 11.8 Å². The highest BCUT2D eigenvalue weighted by Gasteiger charge is 2.49. The smallest absolute Gasteiger partial charge is 0.322 e. The average Bonchev–Trinajstić information content (AvgIpc) is 3.45. The van der Waals surface area contributed by atoms with E-state index >= 15 is 0 Å². The number of hydrogen-bond acceptors (Lipinski definition) is 5. The zero-order valence-corrected chi connectivity index (χ0v) is 22.9. The van der Waals surface area contributed by atoms with E-state index in [-0.39, 0.29) is 30.7 Å². The lowest BCUT2D eigenvalue weighted by atomic mass is 9.92. The zero-order chi connectivity index (χ0) is 25.8. The van der Waals surface area contributed by atoms with Crippen LogP contribution in [0.5, 0.6) is 0 Å². The van der Waals surface area contributed by atoms with Gasteiger partial charge in [0.1, 0.15) is 12.4 Å². The Kier molecular flexibility index (Phi) is 8.47. The fourth-order valence-electron chi connectivity index (χ4n) is 5.77. The molecule has 2 N–H and O–H groups in total. The Morgan fingerprint density at radius 2 is 1.78 bits per heavy atom. The summed E-state index contributed by atoms with van der Waals surface area (Å²) in [5, 5.41) is 17.7. The number of thioether (sulfide) groups is 1. The monoisotopic (exact) mass is 539 g/mol. The fraction of sp³-hybridized carbons (Fsp3) is 0.448. The van der Waals surface area contributed by atoms with Crippen LogP contribution in [0.2, 0.25) is 0 Å². The Labute approximate surface area is 226 Å². The van der Waals surface area contributed by atoms with Gasteiger partial charge in [0, 0.05) is 34.8 Å². The number of esters is 1. The number of fused-ring (bicyclic) bond motifs is 3. The Morgan fingerprint density at radius 3 is 2.43 bits per heavy atom. The van der Waals surface area contributed by atoms with Crippen molar-refractivity contribution in [2.75, 3.05) is 35.9 Å². The number of amides is 2. The van der Waals surface area contributed by atoms with Crippen LogP contribution in [0.15, 0.2) is 48.5 Å². The standard InChI is InChI=1S/C29H34N2O4S2/c1-36-17-16-35-26(33)13-7-6-12-25-27-24(18-37-25)31(29(34)30-27)28-22-10-4-2-8-19(22)21(14-15-32)20-9-3-5-11-23(20)28/h2-5,8-11,24-25,27,32H,6-7,12-18H2,1H3,(H,30,34)/p+1. The van der Waals surface area contributed by atoms with Gasteiger partial charge >= 0.3 is 12.0 Å². The third-order valence-corrected chi connectivity index (χ3v) is 9.57. The molecule has 3 aromatic rings. The number of unbranched alkanes of at least 4 members (excludes halogenated alkanes) is 1. The van der Waals surface area contributed by atoms with Crippen molar-refractivity contribution >= 4 is 62.8 Å². The quantitative estimate of drug-likeness (QED) is 0.0940. The molecule has 0 saturated carbocycles. The van der Waals surface area contributed by atoms with Gasteiger partial charge in [-0.15, -0.1) is 0 Å². The lowest BCUT2D eigenvalue weighted by Gasteiger charge is -2.26. The number of rotatable bonds is 11. The van der Waals surface area contributed by atoms with Gasteiger partial charge in [-0.1, -0.05) is 55.0 Å². The largest absolute Gasteiger partial charge is 0.461 e. The number of ether oxygens (including phenoxy) is 1. The van der Waals surface area contributed by atoms with Crippen LogP contribution in [0.4, 0.5) is 10.5 Å². The minimum absolute atomic E-state index is 0.0377. The molecule has 6 nitrogen and oxygen atoms in total. The molecule has 0 radical (unpaired) electrons. The van der Waals surface area contributed by atoms with Gasteiger partial charge in [0.2, 0.25) is 0 Å². The van der Waals surface area contributed by atoms with E-state index in [1.807, 2.05) is 40.9 Å². The summed E-state index contributed by atoms with van der Waals surface area (Å²) >= 11 is 3.17. The number of anilines is 1. The molecule has 196 valence electrons. The number of aliphatic hydroxyl groups is 1. The van der Waals surface area contributed by atoms with E-state index in [2.05, 4.69) is 35.8 Å². The molecule has 3 aromatic carbocycles. The van der Waals surface area contributed by atoms with Gasteiger partial charge in [-0.2, -0.15) is 11.8 Å². The molecule has 2 saturated heterocycles. The topological polar surface area (TPSA) is 78.9 Å². The third kappa shape index (κ3) is 5.29. The van der Waals surface area contributed by atoms with Crippen molar-refractivity contribution in [1.29, 1.82) is 0 Å². The van der Waals surface area contributed by atoms with Gasteiger partial charge in [-0.05, 0) is 47.4 Å². The highest BCUT2D eigenvalue weighted by Crippen LogP contribution is 2.45. The SMILES string of the molecule is C[SH+]CCOC(=O)CCCCC1SCC2C1NC(=O)N2c1c2ccccc2c(CCO)c2ccccc12. The van der Waals surface area contributed by atoms with E-state index in [0.29, 0.717) is 24.7 Å². The van der Waals surface area contributed by atoms with Gasteiger partial charge in [0.05, 0.1) is 24.0 Å². The van der Waals surface area contributed by atoms with Gasteiger partial charge < -0.3 is 15.2 Å². The van der Waals surface area contributed by atoms with Crippen LogP contribution in [-0.2, 0) is 27.7 Å². The molecular formula is C29H35N2O4S2+. The van der Waals surface area contributed by atoms with Crippen LogP contribution < -0.4 is 10.2 Å². The molecular weight excluding hydrogens is 504 g/mol. The van der Waals surface area contributed by atoms with Crippen molar-refractivity contribution in [3.05, 3.63) is 54.1 Å². The Bertz CT molecular complexity index is 1230. The molecule has 0 aromatic heterocycles. The summed E-state index contributed by atoms with van der Waals surface area (Å²) in [5.41, 5.74) is 2.09. The molecule has 2 aliphatic rings. The maximum Gasteiger partial charge on any atom is 0.322 e. The van der Waals surface area contributed by atoms with Crippen molar-refractivity contribution in [1.82, 2.24) is 5.32 Å². The molecule has 0 bridgehead atoms. The van der Waals surface area contributed by atoms with E-state index in [4.69, 9.17) is 4.74 Å². The lowest BCUT2D eigenvalue weighted by molar-refractivity contribution is -0.143. The molecule has 0 spiro atoms. The summed E-state index contributed by atoms with van der Waals surface area (Å²) in [6.07, 6.45) is 5.82. The molecule has 2 fully saturated rings. The van der Waals surface area contributed by atoms with E-state index in [1.54, 1.807) is 0 Å². The predicted molar refractivity (Wildman–Crippen MR) is 156 cm³/mol. The van der Waals surface area contributed by atoms with E-state index in [1.165, 1.54) is 11.8 Å². The second-order valence-electron chi connectivity index (χ2n) is 9.68. The van der Waals surface area contributed by atoms with Crippen LogP contribution in [0.25, 0.3) is 21.5 Å². The number of carbonyl (C=O) groups excluding carboxylic acids is 2. The van der Waals surface area contributed by atoms with Gasteiger partial charge in [-0.25, -0.2) is 4.79 Å². The molecule has 3 atom stereocenters. The number of hydrogen-bond donors (Lipinski definition) is 2. The summed E-state index contributed by atoms with van der Waals surface area (Å²) in [6, 6.07) is 16.6. The zero-order valence-electron chi connectivity index (χ0n) is 21.2. The number of carbonyl (C=O) groups is 2. The molecule has 37 heavy (non-hydrogen) atoms. The highest BCUT2D eigenvalue weighted by atomic mass is 32.2. The minimum Gasteiger partial charge on any atom is -0.461 e. The maximum atomic E-state index is 13.5. The molecule has 8 heteroatoms. The van der Waals surface area contributed by atoms with Crippen LogP contribution in [0.3, 0.4) is 0 Å². The van der Waals surface area contributed by atoms with Crippen molar-refractivity contribution < 1.29 is 19.4 Å². The van der Waals surface area contributed by atoms with E-state index in [9.17, 15) is 14.7 Å². The molecule has 2 amide bonds. The first kappa shape index (κ1) is 26.2. The van der Waals surface area contributed by atoms with Crippen molar-refractivity contribution in [3.63, 3.8) is 0 Å². The summed E-state index contributed by atoms with van der Waals surface area (Å²) < 4.78 is 5.27. The average molecular weight is 540 g/mol. The Balaban J connectivity index is 1.36. The van der Waals surface area contributed by atoms with Gasteiger partial charge in [0.25, 0.3) is 0 Å². The first-order valence-electron chi connectivity index (χ1n) is 13.1. The Morgan fingerprint density at radius 1 is 1.11 bits per heavy atom. The van der Waals surface area contributed by atoms with Crippen molar-refractivity contribution in [2.45, 2.75) is 49.4 Å². The van der Waals surface area contributed by atoms with Crippen LogP contribution in [0.1, 0.15) is 31.2 Å². The molecule has 5 rings (SSSR count). The number of thiol groups is 1. The van der Waals surface area contributed by atoms with Gasteiger partial charge in [-0.3, -0.25) is 9.69 Å². The molecule has 2 heterocycles. The minimum atomic E-state index is -0.107. The second kappa shape index (κ2) is 12.0. The molecule has 0 aliphatic carbocycles. The van der Waals surface area contributed by atoms with Crippen molar-refractivity contribution in [2.24, 2.45) is 0 Å². The summed E-state index contributed by atoms with van der Waals surface area (Å²) in [5.74, 6) is 1.66. The molecule has 2 aliphatic heterocycles. The van der Waals surface area contributed by atoms with Gasteiger partial charge in [0.15, 0.2) is 0 Å². The summed E-state index contributed by atoms with van der Waals surface area (Å²) in [6.45, 7) is 0.585. The molecule has 3 unspecified atom stereocenters. The predicted octanol–water partition coefficient (Wildman–Crippen LogP) is 4.46. The Hall–Kier alpha value is -2.42. The normalized spacial score (nSPS) is 21.0. The van der Waals surface area contributed by atoms with Crippen molar-refractivity contribution in [3.8, 4) is 0 Å². The number of urea groups is 1. The first-order valence-corrected chi connectivity index (χ1v) is 15.7. The van der Waals surface area contributed by atoms with E-state index in [0.717, 1.165) is 63.6 Å². The summed E-state index contributed by atoms with van der Waals surface area (Å²) in [4.78, 5) is 27.4. The van der Waals surface area contributed by atoms with E-state index < -0.39 is 0 Å². The first-order chi connectivity index (χ1) is 18.1. The van der Waals surface area contributed by atoms with Crippen LogP contribution in [-0.4, -0.2) is 65.4 Å². The summed E-state index contributed by atoms with van der Waals surface area (Å²) in [7, 11) is 0. The lowest BCUT2D eigenvalue weighted by Crippen LogP contribution is -2.38. The second-order valence-corrected chi connectivity index (χ2v) is 12.0. The third-order valence-electron chi connectivity index (χ3n) is 7.45. The number of aliphatic hydroxyl groups excluding tert-OH is 1. The number of nitrogens with zero attached hydrogens (tertiary/aromatic N) is 1. The van der Waals surface area contributed by atoms with Crippen LogP contribution in [0, 0.1) is 0 Å². The highest BCUT2D eigenvalue weighted by molar-refractivity contribution is 8.00.